The second-order valence-electron chi connectivity index (χ2n) is 5.56. The minimum atomic E-state index is -0.439. The standard InChI is InChI=1S/C14H20N2O2S/c1-7(2)13(18)16-14-11(12(15)17)9-5-4-8(3)6-10(9)19-14/h7-8H,4-6H2,1-3H3,(H2,15,17)(H,16,18). The van der Waals surface area contributed by atoms with Gasteiger partial charge in [-0.1, -0.05) is 20.8 Å². The van der Waals surface area contributed by atoms with E-state index < -0.39 is 5.91 Å². The van der Waals surface area contributed by atoms with Gasteiger partial charge in [0, 0.05) is 10.8 Å². The van der Waals surface area contributed by atoms with Crippen LogP contribution in [0.4, 0.5) is 5.00 Å². The molecule has 0 saturated heterocycles. The number of hydrogen-bond donors (Lipinski definition) is 2. The van der Waals surface area contributed by atoms with Crippen LogP contribution >= 0.6 is 11.3 Å². The van der Waals surface area contributed by atoms with Crippen molar-refractivity contribution in [2.45, 2.75) is 40.0 Å². The van der Waals surface area contributed by atoms with Gasteiger partial charge in [0.2, 0.25) is 5.91 Å². The summed E-state index contributed by atoms with van der Waals surface area (Å²) >= 11 is 1.51. The van der Waals surface area contributed by atoms with E-state index in [1.807, 2.05) is 13.8 Å². The number of carbonyl (C=O) groups is 2. The SMILES string of the molecule is CC1CCc2c(sc(NC(=O)C(C)C)c2C(N)=O)C1. The summed E-state index contributed by atoms with van der Waals surface area (Å²) in [6.45, 7) is 5.86. The largest absolute Gasteiger partial charge is 0.365 e. The van der Waals surface area contributed by atoms with Crippen molar-refractivity contribution in [3.63, 3.8) is 0 Å². The van der Waals surface area contributed by atoms with Gasteiger partial charge in [-0.2, -0.15) is 0 Å². The Morgan fingerprint density at radius 3 is 2.68 bits per heavy atom. The highest BCUT2D eigenvalue weighted by atomic mass is 32.1. The third-order valence-electron chi connectivity index (χ3n) is 3.52. The Hall–Kier alpha value is -1.36. The average Bonchev–Trinajstić information content (AvgIpc) is 2.65. The van der Waals surface area contributed by atoms with E-state index in [-0.39, 0.29) is 11.8 Å². The first-order valence-corrected chi connectivity index (χ1v) is 7.47. The van der Waals surface area contributed by atoms with E-state index in [0.717, 1.165) is 24.8 Å². The van der Waals surface area contributed by atoms with Crippen LogP contribution in [0, 0.1) is 11.8 Å². The lowest BCUT2D eigenvalue weighted by atomic mass is 9.88. The first-order chi connectivity index (χ1) is 8.90. The quantitative estimate of drug-likeness (QED) is 0.893. The predicted molar refractivity (Wildman–Crippen MR) is 77.5 cm³/mol. The third-order valence-corrected chi connectivity index (χ3v) is 4.69. The highest BCUT2D eigenvalue weighted by Crippen LogP contribution is 2.39. The summed E-state index contributed by atoms with van der Waals surface area (Å²) in [5.74, 6) is -0.000408. The molecule has 0 radical (unpaired) electrons. The molecule has 0 fully saturated rings. The number of fused-ring (bicyclic) bond motifs is 1. The van der Waals surface area contributed by atoms with Gasteiger partial charge in [0.15, 0.2) is 0 Å². The van der Waals surface area contributed by atoms with E-state index in [0.29, 0.717) is 16.5 Å². The lowest BCUT2D eigenvalue weighted by Crippen LogP contribution is -2.21. The number of rotatable bonds is 3. The molecule has 0 bridgehead atoms. The summed E-state index contributed by atoms with van der Waals surface area (Å²) in [5, 5.41) is 3.47. The summed E-state index contributed by atoms with van der Waals surface area (Å²) in [6, 6.07) is 0. The maximum atomic E-state index is 11.8. The van der Waals surface area contributed by atoms with E-state index in [4.69, 9.17) is 5.73 Å². The molecule has 1 atom stereocenters. The second-order valence-corrected chi connectivity index (χ2v) is 6.67. The van der Waals surface area contributed by atoms with Crippen molar-refractivity contribution < 1.29 is 9.59 Å². The molecule has 19 heavy (non-hydrogen) atoms. The van der Waals surface area contributed by atoms with E-state index in [9.17, 15) is 9.59 Å². The zero-order valence-electron chi connectivity index (χ0n) is 11.6. The van der Waals surface area contributed by atoms with Gasteiger partial charge < -0.3 is 11.1 Å². The molecule has 0 aliphatic heterocycles. The Kier molecular flexibility index (Phi) is 3.94. The normalized spacial score (nSPS) is 18.2. The molecular formula is C14H20N2O2S. The molecule has 1 aliphatic rings. The fraction of sp³-hybridized carbons (Fsp3) is 0.571. The van der Waals surface area contributed by atoms with Crippen molar-refractivity contribution in [3.05, 3.63) is 16.0 Å². The Balaban J connectivity index is 2.38. The van der Waals surface area contributed by atoms with Crippen LogP contribution in [0.5, 0.6) is 0 Å². The van der Waals surface area contributed by atoms with Crippen LogP contribution in [-0.2, 0) is 17.6 Å². The fourth-order valence-electron chi connectivity index (χ4n) is 2.36. The van der Waals surface area contributed by atoms with E-state index in [1.54, 1.807) is 0 Å². The zero-order chi connectivity index (χ0) is 14.2. The van der Waals surface area contributed by atoms with Crippen molar-refractivity contribution in [3.8, 4) is 0 Å². The molecule has 1 unspecified atom stereocenters. The number of amides is 2. The first kappa shape index (κ1) is 14.1. The van der Waals surface area contributed by atoms with Gasteiger partial charge >= 0.3 is 0 Å². The molecule has 1 aliphatic carbocycles. The van der Waals surface area contributed by atoms with E-state index >= 15 is 0 Å². The van der Waals surface area contributed by atoms with Gasteiger partial charge in [0.1, 0.15) is 5.00 Å². The van der Waals surface area contributed by atoms with Gasteiger partial charge in [0.25, 0.3) is 5.91 Å². The molecule has 0 saturated carbocycles. The lowest BCUT2D eigenvalue weighted by molar-refractivity contribution is -0.118. The molecule has 104 valence electrons. The number of carbonyl (C=O) groups excluding carboxylic acids is 2. The average molecular weight is 280 g/mol. The van der Waals surface area contributed by atoms with Gasteiger partial charge in [-0.25, -0.2) is 0 Å². The minimum Gasteiger partial charge on any atom is -0.365 e. The molecule has 1 aromatic rings. The number of anilines is 1. The summed E-state index contributed by atoms with van der Waals surface area (Å²) in [4.78, 5) is 24.7. The number of nitrogens with one attached hydrogen (secondary N) is 1. The molecular weight excluding hydrogens is 260 g/mol. The third kappa shape index (κ3) is 2.81. The van der Waals surface area contributed by atoms with Gasteiger partial charge in [-0.15, -0.1) is 11.3 Å². The van der Waals surface area contributed by atoms with Crippen molar-refractivity contribution in [2.24, 2.45) is 17.6 Å². The number of hydrogen-bond acceptors (Lipinski definition) is 3. The number of nitrogens with two attached hydrogens (primary N) is 1. The van der Waals surface area contributed by atoms with Crippen molar-refractivity contribution in [1.29, 1.82) is 0 Å². The van der Waals surface area contributed by atoms with Gasteiger partial charge in [-0.05, 0) is 30.7 Å². The highest BCUT2D eigenvalue weighted by molar-refractivity contribution is 7.17. The zero-order valence-corrected chi connectivity index (χ0v) is 12.4. The highest BCUT2D eigenvalue weighted by Gasteiger charge is 2.27. The molecule has 5 heteroatoms. The van der Waals surface area contributed by atoms with Gasteiger partial charge in [-0.3, -0.25) is 9.59 Å². The minimum absolute atomic E-state index is 0.0749. The van der Waals surface area contributed by atoms with Crippen molar-refractivity contribution in [1.82, 2.24) is 0 Å². The maximum absolute atomic E-state index is 11.8. The molecule has 3 N–H and O–H groups in total. The van der Waals surface area contributed by atoms with Crippen LogP contribution in [0.25, 0.3) is 0 Å². The Bertz CT molecular complexity index is 520. The van der Waals surface area contributed by atoms with Crippen LogP contribution in [0.15, 0.2) is 0 Å². The Morgan fingerprint density at radius 2 is 2.11 bits per heavy atom. The molecule has 4 nitrogen and oxygen atoms in total. The monoisotopic (exact) mass is 280 g/mol. The molecule has 2 rings (SSSR count). The topological polar surface area (TPSA) is 72.2 Å². The smallest absolute Gasteiger partial charge is 0.251 e. The molecule has 2 amide bonds. The van der Waals surface area contributed by atoms with Crippen LogP contribution in [0.2, 0.25) is 0 Å². The number of primary amides is 1. The molecule has 0 aromatic carbocycles. The van der Waals surface area contributed by atoms with Crippen LogP contribution in [0.1, 0.15) is 48.0 Å². The molecule has 0 spiro atoms. The molecule has 1 heterocycles. The van der Waals surface area contributed by atoms with Crippen molar-refractivity contribution in [2.75, 3.05) is 5.32 Å². The fourth-order valence-corrected chi connectivity index (χ4v) is 3.77. The summed E-state index contributed by atoms with van der Waals surface area (Å²) < 4.78 is 0. The first-order valence-electron chi connectivity index (χ1n) is 6.65. The number of thiophene rings is 1. The van der Waals surface area contributed by atoms with E-state index in [1.165, 1.54) is 16.2 Å². The Morgan fingerprint density at radius 1 is 1.42 bits per heavy atom. The van der Waals surface area contributed by atoms with Crippen molar-refractivity contribution >= 4 is 28.2 Å². The van der Waals surface area contributed by atoms with Crippen LogP contribution in [-0.4, -0.2) is 11.8 Å². The van der Waals surface area contributed by atoms with E-state index in [2.05, 4.69) is 12.2 Å². The Labute approximate surface area is 117 Å². The molecule has 1 aromatic heterocycles. The van der Waals surface area contributed by atoms with Gasteiger partial charge in [0.05, 0.1) is 5.56 Å². The summed E-state index contributed by atoms with van der Waals surface area (Å²) in [6.07, 6.45) is 2.92. The summed E-state index contributed by atoms with van der Waals surface area (Å²) in [7, 11) is 0. The maximum Gasteiger partial charge on any atom is 0.251 e. The van der Waals surface area contributed by atoms with Crippen LogP contribution < -0.4 is 11.1 Å². The predicted octanol–water partition coefficient (Wildman–Crippen LogP) is 2.57. The summed E-state index contributed by atoms with van der Waals surface area (Å²) in [5.41, 5.74) is 7.07. The second kappa shape index (κ2) is 5.33. The van der Waals surface area contributed by atoms with Crippen LogP contribution in [0.3, 0.4) is 0 Å². The lowest BCUT2D eigenvalue weighted by Gasteiger charge is -2.18.